The lowest BCUT2D eigenvalue weighted by Crippen LogP contribution is -2.48. The molecule has 0 aliphatic carbocycles. The standard InChI is InChI=1S/C19H29NO/c1-12(2)7-16-11-20-6-5-15-8-13(3)14(4)9-17(15)18(20)10-19(16)21/h8-9,12,16,18-19,21H,5-7,10-11H2,1-4H3/t16-,18-,19+/m0/s1. The van der Waals surface area contributed by atoms with Crippen LogP contribution in [-0.2, 0) is 6.42 Å². The fourth-order valence-corrected chi connectivity index (χ4v) is 4.22. The minimum absolute atomic E-state index is 0.138. The maximum Gasteiger partial charge on any atom is 0.0598 e. The molecule has 1 aromatic rings. The van der Waals surface area contributed by atoms with Gasteiger partial charge in [-0.25, -0.2) is 0 Å². The fraction of sp³-hybridized carbons (Fsp3) is 0.684. The lowest BCUT2D eigenvalue weighted by Gasteiger charge is -2.46. The second kappa shape index (κ2) is 5.73. The molecule has 0 aromatic heterocycles. The third-order valence-electron chi connectivity index (χ3n) is 5.48. The molecule has 0 bridgehead atoms. The Labute approximate surface area is 129 Å². The summed E-state index contributed by atoms with van der Waals surface area (Å²) in [6.45, 7) is 11.1. The van der Waals surface area contributed by atoms with Crippen LogP contribution in [0.4, 0.5) is 0 Å². The van der Waals surface area contributed by atoms with Crippen molar-refractivity contribution < 1.29 is 5.11 Å². The Balaban J connectivity index is 1.85. The first-order chi connectivity index (χ1) is 9.95. The zero-order valence-electron chi connectivity index (χ0n) is 13.9. The predicted molar refractivity (Wildman–Crippen MR) is 87.5 cm³/mol. The van der Waals surface area contributed by atoms with Crippen molar-refractivity contribution in [2.24, 2.45) is 11.8 Å². The molecule has 2 heteroatoms. The fourth-order valence-electron chi connectivity index (χ4n) is 4.22. The van der Waals surface area contributed by atoms with Gasteiger partial charge in [-0.2, -0.15) is 0 Å². The van der Waals surface area contributed by atoms with Crippen molar-refractivity contribution in [1.29, 1.82) is 0 Å². The summed E-state index contributed by atoms with van der Waals surface area (Å²) < 4.78 is 0. The van der Waals surface area contributed by atoms with E-state index in [4.69, 9.17) is 0 Å². The number of aliphatic hydroxyl groups excluding tert-OH is 1. The van der Waals surface area contributed by atoms with E-state index in [2.05, 4.69) is 44.7 Å². The van der Waals surface area contributed by atoms with Crippen molar-refractivity contribution >= 4 is 0 Å². The largest absolute Gasteiger partial charge is 0.393 e. The van der Waals surface area contributed by atoms with E-state index < -0.39 is 0 Å². The van der Waals surface area contributed by atoms with E-state index in [1.807, 2.05) is 0 Å². The quantitative estimate of drug-likeness (QED) is 0.898. The van der Waals surface area contributed by atoms with Crippen LogP contribution < -0.4 is 0 Å². The normalized spacial score (nSPS) is 29.3. The van der Waals surface area contributed by atoms with Crippen LogP contribution in [0.3, 0.4) is 0 Å². The topological polar surface area (TPSA) is 23.5 Å². The summed E-state index contributed by atoms with van der Waals surface area (Å²) in [5.74, 6) is 1.12. The zero-order chi connectivity index (χ0) is 15.1. The maximum absolute atomic E-state index is 10.6. The Morgan fingerprint density at radius 2 is 1.95 bits per heavy atom. The lowest BCUT2D eigenvalue weighted by atomic mass is 9.78. The highest BCUT2D eigenvalue weighted by Gasteiger charge is 2.38. The molecule has 0 spiro atoms. The van der Waals surface area contributed by atoms with Crippen LogP contribution in [0.15, 0.2) is 12.1 Å². The molecule has 1 aromatic carbocycles. The monoisotopic (exact) mass is 287 g/mol. The van der Waals surface area contributed by atoms with Gasteiger partial charge < -0.3 is 5.11 Å². The second-order valence-electron chi connectivity index (χ2n) is 7.59. The van der Waals surface area contributed by atoms with E-state index in [0.717, 1.165) is 32.4 Å². The molecule has 116 valence electrons. The Bertz CT molecular complexity index is 523. The van der Waals surface area contributed by atoms with Crippen LogP contribution in [0.2, 0.25) is 0 Å². The highest BCUT2D eigenvalue weighted by molar-refractivity contribution is 5.41. The third-order valence-corrected chi connectivity index (χ3v) is 5.48. The molecule has 1 N–H and O–H groups in total. The average molecular weight is 287 g/mol. The molecule has 2 heterocycles. The molecular weight excluding hydrogens is 258 g/mol. The molecule has 1 fully saturated rings. The van der Waals surface area contributed by atoms with Gasteiger partial charge in [0.05, 0.1) is 6.10 Å². The van der Waals surface area contributed by atoms with Crippen LogP contribution in [0, 0.1) is 25.7 Å². The number of aryl methyl sites for hydroxylation is 2. The molecule has 3 rings (SSSR count). The van der Waals surface area contributed by atoms with E-state index in [9.17, 15) is 5.11 Å². The molecule has 2 aliphatic heterocycles. The number of hydrogen-bond acceptors (Lipinski definition) is 2. The van der Waals surface area contributed by atoms with Gasteiger partial charge in [0.15, 0.2) is 0 Å². The molecular formula is C19H29NO. The van der Waals surface area contributed by atoms with Crippen LogP contribution >= 0.6 is 0 Å². The van der Waals surface area contributed by atoms with Gasteiger partial charge >= 0.3 is 0 Å². The van der Waals surface area contributed by atoms with Crippen LogP contribution in [0.25, 0.3) is 0 Å². The van der Waals surface area contributed by atoms with Gasteiger partial charge in [0.2, 0.25) is 0 Å². The van der Waals surface area contributed by atoms with Gasteiger partial charge in [0.25, 0.3) is 0 Å². The van der Waals surface area contributed by atoms with Crippen LogP contribution in [-0.4, -0.2) is 29.2 Å². The van der Waals surface area contributed by atoms with Crippen molar-refractivity contribution in [3.05, 3.63) is 34.4 Å². The molecule has 1 saturated heterocycles. The Morgan fingerprint density at radius 1 is 1.24 bits per heavy atom. The summed E-state index contributed by atoms with van der Waals surface area (Å²) in [4.78, 5) is 2.62. The number of fused-ring (bicyclic) bond motifs is 3. The summed E-state index contributed by atoms with van der Waals surface area (Å²) in [7, 11) is 0. The lowest BCUT2D eigenvalue weighted by molar-refractivity contribution is -0.0191. The number of nitrogens with zero attached hydrogens (tertiary/aromatic N) is 1. The summed E-state index contributed by atoms with van der Waals surface area (Å²) in [6.07, 6.45) is 3.08. The minimum Gasteiger partial charge on any atom is -0.393 e. The average Bonchev–Trinajstić information content (AvgIpc) is 2.41. The molecule has 0 saturated carbocycles. The van der Waals surface area contributed by atoms with Gasteiger partial charge in [-0.15, -0.1) is 0 Å². The smallest absolute Gasteiger partial charge is 0.0598 e. The number of hydrogen-bond donors (Lipinski definition) is 1. The number of piperidine rings is 1. The molecule has 3 atom stereocenters. The van der Waals surface area contributed by atoms with Crippen molar-refractivity contribution in [2.75, 3.05) is 13.1 Å². The van der Waals surface area contributed by atoms with E-state index in [1.54, 1.807) is 0 Å². The maximum atomic E-state index is 10.6. The SMILES string of the molecule is Cc1cc2c(cc1C)[C@@H]1C[C@@H](O)[C@@H](CC(C)C)CN1CC2. The Kier molecular flexibility index (Phi) is 4.11. The molecule has 0 radical (unpaired) electrons. The Hall–Kier alpha value is -0.860. The first-order valence-electron chi connectivity index (χ1n) is 8.48. The first kappa shape index (κ1) is 15.1. The first-order valence-corrected chi connectivity index (χ1v) is 8.48. The molecule has 21 heavy (non-hydrogen) atoms. The van der Waals surface area contributed by atoms with Gasteiger partial charge in [0.1, 0.15) is 0 Å². The molecule has 0 unspecified atom stereocenters. The van der Waals surface area contributed by atoms with Gasteiger partial charge in [0, 0.05) is 19.1 Å². The van der Waals surface area contributed by atoms with Crippen LogP contribution in [0.1, 0.15) is 55.0 Å². The Morgan fingerprint density at radius 3 is 2.67 bits per heavy atom. The zero-order valence-corrected chi connectivity index (χ0v) is 13.9. The second-order valence-corrected chi connectivity index (χ2v) is 7.59. The summed E-state index contributed by atoms with van der Waals surface area (Å²) in [6, 6.07) is 5.18. The van der Waals surface area contributed by atoms with Crippen molar-refractivity contribution in [3.8, 4) is 0 Å². The van der Waals surface area contributed by atoms with Crippen molar-refractivity contribution in [1.82, 2.24) is 4.90 Å². The van der Waals surface area contributed by atoms with Crippen LogP contribution in [0.5, 0.6) is 0 Å². The molecule has 2 aliphatic rings. The molecule has 0 amide bonds. The number of rotatable bonds is 2. The number of aliphatic hydroxyl groups is 1. The molecule has 2 nitrogen and oxygen atoms in total. The highest BCUT2D eigenvalue weighted by Crippen LogP contribution is 2.40. The summed E-state index contributed by atoms with van der Waals surface area (Å²) in [5, 5.41) is 10.6. The number of benzene rings is 1. The van der Waals surface area contributed by atoms with Gasteiger partial charge in [-0.1, -0.05) is 26.0 Å². The van der Waals surface area contributed by atoms with Gasteiger partial charge in [-0.3, -0.25) is 4.90 Å². The van der Waals surface area contributed by atoms with Crippen molar-refractivity contribution in [2.45, 2.75) is 59.1 Å². The predicted octanol–water partition coefficient (Wildman–Crippen LogP) is 3.63. The minimum atomic E-state index is -0.138. The van der Waals surface area contributed by atoms with E-state index in [1.165, 1.54) is 22.3 Å². The van der Waals surface area contributed by atoms with E-state index >= 15 is 0 Å². The summed E-state index contributed by atoms with van der Waals surface area (Å²) in [5.41, 5.74) is 5.77. The summed E-state index contributed by atoms with van der Waals surface area (Å²) >= 11 is 0. The van der Waals surface area contributed by atoms with Gasteiger partial charge in [-0.05, 0) is 67.2 Å². The third kappa shape index (κ3) is 2.89. The van der Waals surface area contributed by atoms with E-state index in [0.29, 0.717) is 17.9 Å². The van der Waals surface area contributed by atoms with Crippen molar-refractivity contribution in [3.63, 3.8) is 0 Å². The van der Waals surface area contributed by atoms with E-state index in [-0.39, 0.29) is 6.10 Å². The highest BCUT2D eigenvalue weighted by atomic mass is 16.3.